The molecule has 5 nitrogen and oxygen atoms in total. The predicted octanol–water partition coefficient (Wildman–Crippen LogP) is 6.01. The van der Waals surface area contributed by atoms with Crippen LogP contribution in [0.2, 0.25) is 0 Å². The lowest BCUT2D eigenvalue weighted by Gasteiger charge is -2.44. The summed E-state index contributed by atoms with van der Waals surface area (Å²) in [5.41, 5.74) is 1.36. The quantitative estimate of drug-likeness (QED) is 0.470. The predicted molar refractivity (Wildman–Crippen MR) is 140 cm³/mol. The molecule has 6 heteroatoms. The molecular formula is C28H33N3O2S. The molecule has 0 radical (unpaired) electrons. The number of para-hydroxylation sites is 1. The van der Waals surface area contributed by atoms with Crippen LogP contribution >= 0.6 is 11.8 Å². The Kier molecular flexibility index (Phi) is 6.43. The maximum Gasteiger partial charge on any atom is 0.275 e. The average Bonchev–Trinajstić information content (AvgIpc) is 3.19. The third-order valence-corrected chi connectivity index (χ3v) is 8.16. The molecule has 1 N–H and O–H groups in total. The van der Waals surface area contributed by atoms with Crippen LogP contribution in [-0.4, -0.2) is 34.2 Å². The Morgan fingerprint density at radius 2 is 1.74 bits per heavy atom. The van der Waals surface area contributed by atoms with Crippen LogP contribution < -0.4 is 10.2 Å². The van der Waals surface area contributed by atoms with Gasteiger partial charge in [0.15, 0.2) is 0 Å². The highest BCUT2D eigenvalue weighted by molar-refractivity contribution is 7.98. The van der Waals surface area contributed by atoms with Gasteiger partial charge >= 0.3 is 0 Å². The lowest BCUT2D eigenvalue weighted by molar-refractivity contribution is -0.127. The molecule has 2 amide bonds. The molecule has 0 spiro atoms. The second-order valence-electron chi connectivity index (χ2n) is 9.81. The van der Waals surface area contributed by atoms with Gasteiger partial charge in [-0.25, -0.2) is 0 Å². The van der Waals surface area contributed by atoms with Crippen molar-refractivity contribution in [2.45, 2.75) is 74.9 Å². The second kappa shape index (κ2) is 9.49. The molecule has 1 saturated carbocycles. The number of hydrogen-bond acceptors (Lipinski definition) is 3. The normalized spacial score (nSPS) is 21.7. The van der Waals surface area contributed by atoms with E-state index >= 15 is 0 Å². The van der Waals surface area contributed by atoms with E-state index < -0.39 is 5.54 Å². The molecule has 34 heavy (non-hydrogen) atoms. The molecule has 2 aliphatic rings. The fraction of sp³-hybridized carbons (Fsp3) is 0.429. The van der Waals surface area contributed by atoms with Crippen molar-refractivity contribution in [3.8, 4) is 0 Å². The van der Waals surface area contributed by atoms with Crippen molar-refractivity contribution in [2.75, 3.05) is 11.2 Å². The summed E-state index contributed by atoms with van der Waals surface area (Å²) in [5, 5.41) is 4.39. The van der Waals surface area contributed by atoms with Crippen LogP contribution in [0.5, 0.6) is 0 Å². The minimum absolute atomic E-state index is 0.0654. The number of nitrogens with one attached hydrogen (secondary N) is 1. The average molecular weight is 476 g/mol. The molecule has 1 aliphatic carbocycles. The van der Waals surface area contributed by atoms with Crippen LogP contribution in [0.1, 0.15) is 62.4 Å². The summed E-state index contributed by atoms with van der Waals surface area (Å²) >= 11 is 1.64. The zero-order chi connectivity index (χ0) is 23.7. The zero-order valence-electron chi connectivity index (χ0n) is 20.0. The van der Waals surface area contributed by atoms with Gasteiger partial charge in [0.1, 0.15) is 11.2 Å². The fourth-order valence-corrected chi connectivity index (χ4v) is 5.99. The SMILES string of the molecule is CSc1cccc(N2C(=O)c3cc4ccccc4n3CC2(C)C(=O)NC2CCCCCCC2)c1. The molecule has 1 aliphatic heterocycles. The monoisotopic (exact) mass is 475 g/mol. The fourth-order valence-electron chi connectivity index (χ4n) is 5.54. The first kappa shape index (κ1) is 23.0. The van der Waals surface area contributed by atoms with Gasteiger partial charge in [-0.05, 0) is 56.4 Å². The number of hydrogen-bond donors (Lipinski definition) is 1. The summed E-state index contributed by atoms with van der Waals surface area (Å²) in [5.74, 6) is -0.194. The molecule has 2 aromatic carbocycles. The van der Waals surface area contributed by atoms with Crippen LogP contribution in [0.25, 0.3) is 10.9 Å². The largest absolute Gasteiger partial charge is 0.351 e. The number of fused-ring (bicyclic) bond motifs is 3. The Bertz CT molecular complexity index is 1210. The maximum absolute atomic E-state index is 14.0. The van der Waals surface area contributed by atoms with Crippen LogP contribution in [0, 0.1) is 0 Å². The highest BCUT2D eigenvalue weighted by Gasteiger charge is 2.49. The Morgan fingerprint density at radius 3 is 2.50 bits per heavy atom. The number of amides is 2. The number of aromatic nitrogens is 1. The lowest BCUT2D eigenvalue weighted by atomic mass is 9.91. The Balaban J connectivity index is 1.57. The van der Waals surface area contributed by atoms with E-state index in [9.17, 15) is 9.59 Å². The molecule has 0 bridgehead atoms. The lowest BCUT2D eigenvalue weighted by Crippen LogP contribution is -2.65. The number of anilines is 1. The first-order valence-electron chi connectivity index (χ1n) is 12.4. The summed E-state index contributed by atoms with van der Waals surface area (Å²) in [6.45, 7) is 2.34. The number of benzene rings is 2. The van der Waals surface area contributed by atoms with Gasteiger partial charge in [0.05, 0.1) is 6.54 Å². The minimum Gasteiger partial charge on any atom is -0.351 e. The third kappa shape index (κ3) is 4.13. The molecule has 1 unspecified atom stereocenters. The Hall–Kier alpha value is -2.73. The van der Waals surface area contributed by atoms with Crippen molar-refractivity contribution in [1.29, 1.82) is 0 Å². The van der Waals surface area contributed by atoms with E-state index in [1.807, 2.05) is 72.3 Å². The first-order chi connectivity index (χ1) is 16.5. The van der Waals surface area contributed by atoms with E-state index in [-0.39, 0.29) is 17.9 Å². The van der Waals surface area contributed by atoms with Crippen molar-refractivity contribution in [1.82, 2.24) is 9.88 Å². The maximum atomic E-state index is 14.0. The summed E-state index contributed by atoms with van der Waals surface area (Å²) in [6, 6.07) is 18.1. The van der Waals surface area contributed by atoms with E-state index in [1.165, 1.54) is 19.3 Å². The van der Waals surface area contributed by atoms with Crippen molar-refractivity contribution < 1.29 is 9.59 Å². The first-order valence-corrected chi connectivity index (χ1v) is 13.6. The van der Waals surface area contributed by atoms with E-state index in [4.69, 9.17) is 0 Å². The highest BCUT2D eigenvalue weighted by atomic mass is 32.2. The third-order valence-electron chi connectivity index (χ3n) is 7.43. The Morgan fingerprint density at radius 1 is 1.00 bits per heavy atom. The van der Waals surface area contributed by atoms with Gasteiger partial charge < -0.3 is 9.88 Å². The Labute approximate surface area is 205 Å². The van der Waals surface area contributed by atoms with E-state index in [0.717, 1.165) is 47.2 Å². The molecule has 1 atom stereocenters. The molecule has 1 aromatic heterocycles. The molecule has 3 aromatic rings. The molecule has 2 heterocycles. The zero-order valence-corrected chi connectivity index (χ0v) is 20.9. The summed E-state index contributed by atoms with van der Waals surface area (Å²) in [7, 11) is 0. The number of thioether (sulfide) groups is 1. The van der Waals surface area contributed by atoms with E-state index in [0.29, 0.717) is 12.2 Å². The smallest absolute Gasteiger partial charge is 0.275 e. The van der Waals surface area contributed by atoms with Crippen LogP contribution in [0.4, 0.5) is 5.69 Å². The summed E-state index contributed by atoms with van der Waals surface area (Å²) in [6.07, 6.45) is 10.1. The van der Waals surface area contributed by atoms with Gasteiger partial charge in [0, 0.05) is 27.5 Å². The number of nitrogens with zero attached hydrogens (tertiary/aromatic N) is 2. The van der Waals surface area contributed by atoms with Gasteiger partial charge in [0.25, 0.3) is 5.91 Å². The number of carbonyl (C=O) groups excluding carboxylic acids is 2. The highest BCUT2D eigenvalue weighted by Crippen LogP contribution is 2.37. The van der Waals surface area contributed by atoms with Gasteiger partial charge in [0.2, 0.25) is 5.91 Å². The molecular weight excluding hydrogens is 442 g/mol. The minimum atomic E-state index is -1.04. The molecule has 1 fully saturated rings. The van der Waals surface area contributed by atoms with Crippen molar-refractivity contribution in [3.05, 3.63) is 60.3 Å². The number of carbonyl (C=O) groups is 2. The standard InChI is InChI=1S/C28H33N3O2S/c1-28(27(33)29-21-12-6-4-3-5-7-13-21)19-30-24-16-9-8-11-20(24)17-25(30)26(32)31(28)22-14-10-15-23(18-22)34-2/h8-11,14-18,21H,3-7,12-13,19H2,1-2H3,(H,29,33). The molecule has 0 saturated heterocycles. The van der Waals surface area contributed by atoms with Crippen molar-refractivity contribution in [2.24, 2.45) is 0 Å². The van der Waals surface area contributed by atoms with Crippen molar-refractivity contribution in [3.63, 3.8) is 0 Å². The second-order valence-corrected chi connectivity index (χ2v) is 10.7. The van der Waals surface area contributed by atoms with Crippen LogP contribution in [-0.2, 0) is 11.3 Å². The van der Waals surface area contributed by atoms with Crippen LogP contribution in [0.3, 0.4) is 0 Å². The van der Waals surface area contributed by atoms with Crippen LogP contribution in [0.15, 0.2) is 59.5 Å². The molecule has 178 valence electrons. The summed E-state index contributed by atoms with van der Waals surface area (Å²) < 4.78 is 2.03. The van der Waals surface area contributed by atoms with E-state index in [1.54, 1.807) is 16.7 Å². The van der Waals surface area contributed by atoms with E-state index in [2.05, 4.69) is 5.32 Å². The van der Waals surface area contributed by atoms with Gasteiger partial charge in [-0.3, -0.25) is 14.5 Å². The topological polar surface area (TPSA) is 54.3 Å². The summed E-state index contributed by atoms with van der Waals surface area (Å²) in [4.78, 5) is 30.8. The van der Waals surface area contributed by atoms with Crippen molar-refractivity contribution >= 4 is 40.2 Å². The van der Waals surface area contributed by atoms with Gasteiger partial charge in [-0.1, -0.05) is 56.4 Å². The van der Waals surface area contributed by atoms with Gasteiger partial charge in [-0.15, -0.1) is 11.8 Å². The van der Waals surface area contributed by atoms with Gasteiger partial charge in [-0.2, -0.15) is 0 Å². The molecule has 5 rings (SSSR count). The number of rotatable bonds is 4.